The number of nitrogens with zero attached hydrogens (tertiary/aromatic N) is 1. The molecule has 1 heterocycles. The number of hydrogen-bond acceptors (Lipinski definition) is 4. The lowest BCUT2D eigenvalue weighted by atomic mass is 9.70. The van der Waals surface area contributed by atoms with E-state index in [1.165, 1.54) is 43.2 Å². The molecule has 4 rings (SSSR count). The van der Waals surface area contributed by atoms with E-state index in [1.54, 1.807) is 12.1 Å². The van der Waals surface area contributed by atoms with Crippen molar-refractivity contribution in [1.29, 1.82) is 5.41 Å². The minimum Gasteiger partial charge on any atom is -0.355 e. The van der Waals surface area contributed by atoms with E-state index in [9.17, 15) is 4.39 Å². The zero-order valence-corrected chi connectivity index (χ0v) is 18.8. The highest BCUT2D eigenvalue weighted by atomic mass is 32.2. The lowest BCUT2D eigenvalue weighted by Crippen LogP contribution is -2.42. The van der Waals surface area contributed by atoms with Crippen LogP contribution < -0.4 is 5.32 Å². The summed E-state index contributed by atoms with van der Waals surface area (Å²) < 4.78 is 15.8. The van der Waals surface area contributed by atoms with E-state index in [2.05, 4.69) is 41.7 Å². The van der Waals surface area contributed by atoms with Crippen molar-refractivity contribution in [3.63, 3.8) is 0 Å². The molecule has 3 unspecified atom stereocenters. The molecule has 1 aromatic carbocycles. The van der Waals surface area contributed by atoms with Gasteiger partial charge in [0.1, 0.15) is 5.82 Å². The zero-order chi connectivity index (χ0) is 21.1. The lowest BCUT2D eigenvalue weighted by Gasteiger charge is -2.45. The summed E-state index contributed by atoms with van der Waals surface area (Å²) in [5.41, 5.74) is 4.37. The number of halogens is 1. The first-order chi connectivity index (χ1) is 14.5. The molecular formula is C25H32FN3S. The second-order valence-electron chi connectivity index (χ2n) is 9.01. The smallest absolute Gasteiger partial charge is 0.123 e. The van der Waals surface area contributed by atoms with Gasteiger partial charge in [0.2, 0.25) is 0 Å². The third kappa shape index (κ3) is 4.73. The van der Waals surface area contributed by atoms with Crippen molar-refractivity contribution >= 4 is 23.8 Å². The number of benzene rings is 1. The lowest BCUT2D eigenvalue weighted by molar-refractivity contribution is 0.244. The fraction of sp³-hybridized carbons (Fsp3) is 0.480. The van der Waals surface area contributed by atoms with Gasteiger partial charge in [-0.05, 0) is 73.9 Å². The molecule has 0 amide bonds. The Balaban J connectivity index is 1.44. The number of nitrogens with one attached hydrogen (secondary N) is 2. The molecule has 160 valence electrons. The SMILES string of the molecule is CCC1C=CC(SN2CCC3=CC(Nc4ccc(F)cc4)=C(C=N)CC3(C)C2)CC1. The average Bonchev–Trinajstić information content (AvgIpc) is 2.75. The minimum absolute atomic E-state index is 0.0659. The van der Waals surface area contributed by atoms with Gasteiger partial charge in [0.25, 0.3) is 0 Å². The van der Waals surface area contributed by atoms with Crippen LogP contribution in [0.2, 0.25) is 0 Å². The molecule has 1 aliphatic heterocycles. The summed E-state index contributed by atoms with van der Waals surface area (Å²) in [6, 6.07) is 6.42. The Labute approximate surface area is 184 Å². The van der Waals surface area contributed by atoms with E-state index in [1.807, 2.05) is 11.9 Å². The van der Waals surface area contributed by atoms with E-state index >= 15 is 0 Å². The topological polar surface area (TPSA) is 39.1 Å². The Morgan fingerprint density at radius 2 is 2.07 bits per heavy atom. The van der Waals surface area contributed by atoms with Crippen LogP contribution in [0.15, 0.2) is 59.3 Å². The Hall–Kier alpha value is -1.85. The molecule has 3 atom stereocenters. The third-order valence-electron chi connectivity index (χ3n) is 6.70. The van der Waals surface area contributed by atoms with Gasteiger partial charge in [-0.25, -0.2) is 8.70 Å². The van der Waals surface area contributed by atoms with Crippen LogP contribution >= 0.6 is 11.9 Å². The molecule has 1 aromatic rings. The largest absolute Gasteiger partial charge is 0.355 e. The summed E-state index contributed by atoms with van der Waals surface area (Å²) in [4.78, 5) is 0. The van der Waals surface area contributed by atoms with Crippen LogP contribution in [0.25, 0.3) is 0 Å². The first kappa shape index (κ1) is 21.4. The van der Waals surface area contributed by atoms with E-state index in [-0.39, 0.29) is 11.2 Å². The molecule has 30 heavy (non-hydrogen) atoms. The normalized spacial score (nSPS) is 29.4. The number of rotatable bonds is 6. The van der Waals surface area contributed by atoms with E-state index in [0.29, 0.717) is 5.25 Å². The highest BCUT2D eigenvalue weighted by Crippen LogP contribution is 2.46. The van der Waals surface area contributed by atoms with E-state index in [0.717, 1.165) is 48.8 Å². The Morgan fingerprint density at radius 3 is 2.73 bits per heavy atom. The molecule has 0 radical (unpaired) electrons. The van der Waals surface area contributed by atoms with E-state index in [4.69, 9.17) is 5.41 Å². The molecule has 2 aliphatic carbocycles. The van der Waals surface area contributed by atoms with Crippen LogP contribution in [-0.2, 0) is 0 Å². The highest BCUT2D eigenvalue weighted by Gasteiger charge is 2.39. The van der Waals surface area contributed by atoms with E-state index < -0.39 is 0 Å². The van der Waals surface area contributed by atoms with Gasteiger partial charge in [-0.2, -0.15) is 0 Å². The average molecular weight is 426 g/mol. The molecule has 3 aliphatic rings. The van der Waals surface area contributed by atoms with Crippen molar-refractivity contribution < 1.29 is 4.39 Å². The van der Waals surface area contributed by atoms with Gasteiger partial charge in [-0.15, -0.1) is 0 Å². The highest BCUT2D eigenvalue weighted by molar-refractivity contribution is 7.97. The molecule has 1 saturated heterocycles. The van der Waals surface area contributed by atoms with Crippen LogP contribution in [0.5, 0.6) is 0 Å². The summed E-state index contributed by atoms with van der Waals surface area (Å²) >= 11 is 2.02. The first-order valence-corrected chi connectivity index (χ1v) is 11.9. The summed E-state index contributed by atoms with van der Waals surface area (Å²) in [6.45, 7) is 6.70. The van der Waals surface area contributed by atoms with Crippen LogP contribution in [0.3, 0.4) is 0 Å². The molecule has 0 aromatic heterocycles. The van der Waals surface area contributed by atoms with Gasteiger partial charge < -0.3 is 10.7 Å². The second kappa shape index (κ2) is 9.11. The summed E-state index contributed by atoms with van der Waals surface area (Å²) in [6.07, 6.45) is 14.3. The van der Waals surface area contributed by atoms with Crippen LogP contribution in [-0.4, -0.2) is 28.9 Å². The number of fused-ring (bicyclic) bond motifs is 1. The molecular weight excluding hydrogens is 393 g/mol. The number of anilines is 1. The van der Waals surface area contributed by atoms with Crippen LogP contribution in [0.1, 0.15) is 46.0 Å². The minimum atomic E-state index is -0.237. The molecule has 5 heteroatoms. The van der Waals surface area contributed by atoms with Gasteiger partial charge >= 0.3 is 0 Å². The van der Waals surface area contributed by atoms with Gasteiger partial charge in [0.05, 0.1) is 0 Å². The Bertz CT molecular complexity index is 873. The molecule has 0 bridgehead atoms. The molecule has 1 fully saturated rings. The fourth-order valence-corrected chi connectivity index (χ4v) is 6.15. The first-order valence-electron chi connectivity index (χ1n) is 11.1. The second-order valence-corrected chi connectivity index (χ2v) is 10.3. The predicted molar refractivity (Wildman–Crippen MR) is 126 cm³/mol. The molecule has 0 saturated carbocycles. The van der Waals surface area contributed by atoms with Crippen LogP contribution in [0, 0.1) is 22.6 Å². The van der Waals surface area contributed by atoms with Crippen molar-refractivity contribution in [1.82, 2.24) is 4.31 Å². The van der Waals surface area contributed by atoms with Gasteiger partial charge in [-0.3, -0.25) is 0 Å². The Morgan fingerprint density at radius 1 is 1.27 bits per heavy atom. The zero-order valence-electron chi connectivity index (χ0n) is 18.0. The molecule has 2 N–H and O–H groups in total. The predicted octanol–water partition coefficient (Wildman–Crippen LogP) is 6.58. The van der Waals surface area contributed by atoms with Crippen molar-refractivity contribution in [2.45, 2.75) is 51.2 Å². The number of allylic oxidation sites excluding steroid dienone is 3. The van der Waals surface area contributed by atoms with Gasteiger partial charge in [0, 0.05) is 41.4 Å². The standard InChI is InChI=1S/C25H32FN3S/c1-3-18-4-10-23(11-5-18)30-29-13-12-20-14-24(19(16-27)15-25(20,2)17-29)28-22-8-6-21(26)7-9-22/h4,6-10,14,16,18,23,27-28H,3,5,11-13,15,17H2,1-2H3. The fourth-order valence-electron chi connectivity index (χ4n) is 4.81. The molecule has 0 spiro atoms. The van der Waals surface area contributed by atoms with Crippen molar-refractivity contribution in [3.8, 4) is 0 Å². The monoisotopic (exact) mass is 425 g/mol. The maximum absolute atomic E-state index is 13.2. The third-order valence-corrected chi connectivity index (χ3v) is 7.98. The summed E-state index contributed by atoms with van der Waals surface area (Å²) in [5.74, 6) is 0.528. The number of piperidine rings is 1. The van der Waals surface area contributed by atoms with Crippen LogP contribution in [0.4, 0.5) is 10.1 Å². The molecule has 3 nitrogen and oxygen atoms in total. The maximum atomic E-state index is 13.2. The number of hydrogen-bond donors (Lipinski definition) is 2. The summed E-state index contributed by atoms with van der Waals surface area (Å²) in [5, 5.41) is 12.0. The van der Waals surface area contributed by atoms with Gasteiger partial charge in [-0.1, -0.05) is 43.5 Å². The van der Waals surface area contributed by atoms with Crippen molar-refractivity contribution in [2.75, 3.05) is 18.4 Å². The van der Waals surface area contributed by atoms with Crippen molar-refractivity contribution in [3.05, 3.63) is 65.2 Å². The summed E-state index contributed by atoms with van der Waals surface area (Å²) in [7, 11) is 0. The quantitative estimate of drug-likeness (QED) is 0.307. The Kier molecular flexibility index (Phi) is 6.49. The van der Waals surface area contributed by atoms with Gasteiger partial charge in [0.15, 0.2) is 0 Å². The van der Waals surface area contributed by atoms with Crippen molar-refractivity contribution in [2.24, 2.45) is 11.3 Å². The maximum Gasteiger partial charge on any atom is 0.123 e.